The van der Waals surface area contributed by atoms with Crippen molar-refractivity contribution in [1.82, 2.24) is 5.06 Å². The third-order valence-electron chi connectivity index (χ3n) is 5.88. The summed E-state index contributed by atoms with van der Waals surface area (Å²) in [7, 11) is -2.23. The van der Waals surface area contributed by atoms with Crippen LogP contribution in [-0.2, 0) is 25.4 Å². The molecular formula is C24H29NO6Si. The lowest BCUT2D eigenvalue weighted by atomic mass is 10.1. The highest BCUT2D eigenvalue weighted by atomic mass is 28.4. The average Bonchev–Trinajstić information content (AvgIpc) is 2.99. The van der Waals surface area contributed by atoms with E-state index in [4.69, 9.17) is 14.0 Å². The summed E-state index contributed by atoms with van der Waals surface area (Å²) in [6.07, 6.45) is -1.27. The fourth-order valence-electron chi connectivity index (χ4n) is 2.85. The van der Waals surface area contributed by atoms with E-state index in [-0.39, 0.29) is 29.4 Å². The van der Waals surface area contributed by atoms with Crippen molar-refractivity contribution >= 4 is 26.1 Å². The molecule has 2 aromatic rings. The summed E-state index contributed by atoms with van der Waals surface area (Å²) >= 11 is 0. The number of hydrogen-bond acceptors (Lipinski definition) is 6. The lowest BCUT2D eigenvalue weighted by Crippen LogP contribution is -2.47. The summed E-state index contributed by atoms with van der Waals surface area (Å²) in [5.41, 5.74) is 1.28. The van der Waals surface area contributed by atoms with E-state index in [0.717, 1.165) is 5.56 Å². The van der Waals surface area contributed by atoms with Crippen molar-refractivity contribution in [1.29, 1.82) is 0 Å². The first kappa shape index (κ1) is 23.8. The molecule has 0 aliphatic carbocycles. The van der Waals surface area contributed by atoms with Crippen LogP contribution in [0.25, 0.3) is 0 Å². The minimum Gasteiger partial charge on any atom is -0.459 e. The summed E-state index contributed by atoms with van der Waals surface area (Å²) in [4.78, 5) is 43.9. The number of amides is 2. The quantitative estimate of drug-likeness (QED) is 0.334. The van der Waals surface area contributed by atoms with E-state index in [1.165, 1.54) is 0 Å². The Balaban J connectivity index is 1.76. The molecule has 0 aromatic heterocycles. The second-order valence-corrected chi connectivity index (χ2v) is 14.0. The Hall–Kier alpha value is -2.81. The van der Waals surface area contributed by atoms with Gasteiger partial charge in [-0.2, -0.15) is 0 Å². The van der Waals surface area contributed by atoms with Gasteiger partial charge in [0.2, 0.25) is 6.10 Å². The van der Waals surface area contributed by atoms with Gasteiger partial charge in [0.1, 0.15) is 6.61 Å². The molecule has 3 rings (SSSR count). The van der Waals surface area contributed by atoms with E-state index in [9.17, 15) is 14.4 Å². The molecule has 1 atom stereocenters. The lowest BCUT2D eigenvalue weighted by Gasteiger charge is -2.37. The molecule has 0 spiro atoms. The Morgan fingerprint density at radius 2 is 1.47 bits per heavy atom. The number of nitrogens with zero attached hydrogens (tertiary/aromatic N) is 1. The highest BCUT2D eigenvalue weighted by Crippen LogP contribution is 2.36. The van der Waals surface area contributed by atoms with Gasteiger partial charge >= 0.3 is 5.97 Å². The third kappa shape index (κ3) is 5.15. The summed E-state index contributed by atoms with van der Waals surface area (Å²) < 4.78 is 11.6. The molecular weight excluding hydrogens is 426 g/mol. The van der Waals surface area contributed by atoms with Gasteiger partial charge in [0.05, 0.1) is 17.7 Å². The molecule has 1 heterocycles. The van der Waals surface area contributed by atoms with Crippen LogP contribution in [0.3, 0.4) is 0 Å². The molecule has 1 aliphatic heterocycles. The normalized spacial score (nSPS) is 15.0. The second-order valence-electron chi connectivity index (χ2n) is 9.21. The number of hydrogen-bond donors (Lipinski definition) is 0. The molecule has 0 fully saturated rings. The Morgan fingerprint density at radius 1 is 0.938 bits per heavy atom. The van der Waals surface area contributed by atoms with Gasteiger partial charge < -0.3 is 9.16 Å². The molecule has 0 radical (unpaired) electrons. The van der Waals surface area contributed by atoms with E-state index in [1.54, 1.807) is 24.3 Å². The van der Waals surface area contributed by atoms with Gasteiger partial charge in [-0.05, 0) is 35.8 Å². The van der Waals surface area contributed by atoms with Crippen LogP contribution in [0, 0.1) is 0 Å². The van der Waals surface area contributed by atoms with Crippen LogP contribution < -0.4 is 0 Å². The van der Waals surface area contributed by atoms with Crippen LogP contribution in [0.4, 0.5) is 0 Å². The smallest absolute Gasteiger partial charge is 0.340 e. The molecule has 0 unspecified atom stereocenters. The largest absolute Gasteiger partial charge is 0.459 e. The summed E-state index contributed by atoms with van der Waals surface area (Å²) in [6.45, 7) is 10.2. The first-order chi connectivity index (χ1) is 15.0. The van der Waals surface area contributed by atoms with Crippen LogP contribution in [0.2, 0.25) is 18.1 Å². The number of rotatable bonds is 8. The first-order valence-corrected chi connectivity index (χ1v) is 13.4. The maximum Gasteiger partial charge on any atom is 0.340 e. The monoisotopic (exact) mass is 455 g/mol. The third-order valence-corrected chi connectivity index (χ3v) is 10.4. The summed E-state index contributed by atoms with van der Waals surface area (Å²) in [5, 5.41) is 0.537. The van der Waals surface area contributed by atoms with E-state index in [0.29, 0.717) is 5.06 Å². The predicted octanol–water partition coefficient (Wildman–Crippen LogP) is 4.35. The van der Waals surface area contributed by atoms with Gasteiger partial charge in [-0.1, -0.05) is 63.2 Å². The van der Waals surface area contributed by atoms with Gasteiger partial charge in [0, 0.05) is 0 Å². The van der Waals surface area contributed by atoms with Crippen molar-refractivity contribution < 1.29 is 28.4 Å². The second kappa shape index (κ2) is 9.36. The van der Waals surface area contributed by atoms with E-state index < -0.39 is 32.2 Å². The molecule has 7 nitrogen and oxygen atoms in total. The Labute approximate surface area is 189 Å². The van der Waals surface area contributed by atoms with Crippen LogP contribution in [0.1, 0.15) is 47.1 Å². The highest BCUT2D eigenvalue weighted by molar-refractivity contribution is 6.74. The molecule has 2 aromatic carbocycles. The van der Waals surface area contributed by atoms with Gasteiger partial charge in [-0.3, -0.25) is 9.59 Å². The topological polar surface area (TPSA) is 82.1 Å². The Bertz CT molecular complexity index is 964. The number of ether oxygens (including phenoxy) is 1. The number of carbonyl (C=O) groups excluding carboxylic acids is 3. The van der Waals surface area contributed by atoms with E-state index in [2.05, 4.69) is 20.8 Å². The standard InChI is InChI=1S/C24H29NO6Si/c1-24(2,3)32(4,5)30-16-20(23(28)29-15-17-11-7-6-8-12-17)31-25-21(26)18-13-9-10-14-19(18)22(25)27/h6-14,20H,15-16H2,1-5H3/t20-/m1/s1. The lowest BCUT2D eigenvalue weighted by molar-refractivity contribution is -0.185. The molecule has 0 saturated heterocycles. The zero-order chi connectivity index (χ0) is 23.5. The number of imide groups is 1. The Morgan fingerprint density at radius 3 is 2.00 bits per heavy atom. The van der Waals surface area contributed by atoms with Gasteiger partial charge in [0.25, 0.3) is 11.8 Å². The fourth-order valence-corrected chi connectivity index (χ4v) is 3.85. The van der Waals surface area contributed by atoms with Gasteiger partial charge in [-0.15, -0.1) is 5.06 Å². The van der Waals surface area contributed by atoms with Crippen LogP contribution in [-0.4, -0.2) is 43.9 Å². The van der Waals surface area contributed by atoms with E-state index >= 15 is 0 Å². The molecule has 32 heavy (non-hydrogen) atoms. The predicted molar refractivity (Wildman–Crippen MR) is 121 cm³/mol. The maximum absolute atomic E-state index is 12.9. The number of fused-ring (bicyclic) bond motifs is 1. The van der Waals surface area contributed by atoms with Crippen molar-refractivity contribution in [3.63, 3.8) is 0 Å². The maximum atomic E-state index is 12.9. The molecule has 1 aliphatic rings. The number of hydroxylamine groups is 2. The van der Waals surface area contributed by atoms with Crippen molar-refractivity contribution in [3.05, 3.63) is 71.3 Å². The highest BCUT2D eigenvalue weighted by Gasteiger charge is 2.42. The van der Waals surface area contributed by atoms with Gasteiger partial charge in [-0.25, -0.2) is 9.63 Å². The SMILES string of the molecule is CC(C)(C)[Si](C)(C)OC[C@@H](ON1C(=O)c2ccccc2C1=O)C(=O)OCc1ccccc1. The Kier molecular flexibility index (Phi) is 6.97. The van der Waals surface area contributed by atoms with Crippen molar-refractivity contribution in [2.45, 2.75) is 51.6 Å². The average molecular weight is 456 g/mol. The fraction of sp³-hybridized carbons (Fsp3) is 0.375. The molecule has 0 saturated carbocycles. The number of esters is 1. The van der Waals surface area contributed by atoms with E-state index in [1.807, 2.05) is 43.4 Å². The van der Waals surface area contributed by atoms with Crippen molar-refractivity contribution in [2.75, 3.05) is 6.61 Å². The first-order valence-electron chi connectivity index (χ1n) is 10.5. The van der Waals surface area contributed by atoms with Crippen LogP contribution in [0.5, 0.6) is 0 Å². The number of benzene rings is 2. The minimum atomic E-state index is -2.23. The zero-order valence-electron chi connectivity index (χ0n) is 19.1. The zero-order valence-corrected chi connectivity index (χ0v) is 20.1. The van der Waals surface area contributed by atoms with Crippen molar-refractivity contribution in [3.8, 4) is 0 Å². The molecule has 0 N–H and O–H groups in total. The number of carbonyl (C=O) groups is 3. The van der Waals surface area contributed by atoms with Crippen LogP contribution >= 0.6 is 0 Å². The molecule has 0 bridgehead atoms. The molecule has 8 heteroatoms. The van der Waals surface area contributed by atoms with Crippen LogP contribution in [0.15, 0.2) is 54.6 Å². The van der Waals surface area contributed by atoms with Crippen molar-refractivity contribution in [2.24, 2.45) is 0 Å². The van der Waals surface area contributed by atoms with Gasteiger partial charge in [0.15, 0.2) is 8.32 Å². The molecule has 170 valence electrons. The molecule has 2 amide bonds. The minimum absolute atomic E-state index is 0.0434. The summed E-state index contributed by atoms with van der Waals surface area (Å²) in [6, 6.07) is 15.7. The summed E-state index contributed by atoms with van der Waals surface area (Å²) in [5.74, 6) is -1.93.